The quantitative estimate of drug-likeness (QED) is 0.385. The van der Waals surface area contributed by atoms with Crippen molar-refractivity contribution in [1.29, 1.82) is 0 Å². The lowest BCUT2D eigenvalue weighted by atomic mass is 10.1. The van der Waals surface area contributed by atoms with Crippen LogP contribution in [0.2, 0.25) is 0 Å². The molecule has 2 amide bonds. The van der Waals surface area contributed by atoms with Crippen LogP contribution in [0.1, 0.15) is 32.1 Å². The van der Waals surface area contributed by atoms with E-state index in [-0.39, 0.29) is 12.3 Å². The van der Waals surface area contributed by atoms with Crippen LogP contribution >= 0.6 is 0 Å². The van der Waals surface area contributed by atoms with E-state index >= 15 is 0 Å². The summed E-state index contributed by atoms with van der Waals surface area (Å²) in [6, 6.07) is 3.47. The van der Waals surface area contributed by atoms with Gasteiger partial charge in [-0.25, -0.2) is 9.87 Å². The van der Waals surface area contributed by atoms with E-state index in [0.29, 0.717) is 31.4 Å². The maximum absolute atomic E-state index is 13.0. The van der Waals surface area contributed by atoms with Crippen molar-refractivity contribution >= 4 is 17.5 Å². The summed E-state index contributed by atoms with van der Waals surface area (Å²) < 4.78 is 13.0. The zero-order valence-corrected chi connectivity index (χ0v) is 11.0. The van der Waals surface area contributed by atoms with Gasteiger partial charge in [0.2, 0.25) is 5.91 Å². The minimum absolute atomic E-state index is 0.0383. The molecule has 0 aliphatic rings. The van der Waals surface area contributed by atoms with E-state index in [4.69, 9.17) is 5.21 Å². The number of halogens is 1. The third kappa shape index (κ3) is 6.24. The van der Waals surface area contributed by atoms with Crippen LogP contribution in [0.5, 0.6) is 0 Å². The van der Waals surface area contributed by atoms with E-state index in [2.05, 4.69) is 10.3 Å². The number of rotatable bonds is 8. The highest BCUT2D eigenvalue weighted by Crippen LogP contribution is 2.10. The van der Waals surface area contributed by atoms with Crippen molar-refractivity contribution in [3.05, 3.63) is 24.5 Å². The topological polar surface area (TPSA) is 91.3 Å². The number of carbonyl (C=O) groups excluding carboxylic acids is 2. The first-order valence-corrected chi connectivity index (χ1v) is 6.41. The van der Waals surface area contributed by atoms with Crippen LogP contribution < -0.4 is 10.8 Å². The van der Waals surface area contributed by atoms with Gasteiger partial charge in [-0.15, -0.1) is 0 Å². The van der Waals surface area contributed by atoms with Gasteiger partial charge in [-0.2, -0.15) is 0 Å². The minimum atomic E-state index is -1.70. The molecule has 20 heavy (non-hydrogen) atoms. The van der Waals surface area contributed by atoms with E-state index in [1.165, 1.54) is 5.48 Å². The number of hydrogen-bond donors (Lipinski definition) is 3. The van der Waals surface area contributed by atoms with Crippen LogP contribution in [0.15, 0.2) is 24.5 Å². The first-order chi connectivity index (χ1) is 9.63. The van der Waals surface area contributed by atoms with Crippen molar-refractivity contribution in [3.8, 4) is 0 Å². The highest BCUT2D eigenvalue weighted by Gasteiger charge is 2.15. The van der Waals surface area contributed by atoms with Gasteiger partial charge in [-0.05, 0) is 31.4 Å². The molecule has 3 N–H and O–H groups in total. The van der Waals surface area contributed by atoms with Crippen LogP contribution in [0.4, 0.5) is 10.1 Å². The Morgan fingerprint density at radius 2 is 2.15 bits per heavy atom. The third-order valence-corrected chi connectivity index (χ3v) is 2.70. The second kappa shape index (κ2) is 8.98. The van der Waals surface area contributed by atoms with E-state index in [9.17, 15) is 14.0 Å². The third-order valence-electron chi connectivity index (χ3n) is 2.70. The number of alkyl halides is 1. The number of anilines is 1. The van der Waals surface area contributed by atoms with Gasteiger partial charge in [-0.1, -0.05) is 6.42 Å². The smallest absolute Gasteiger partial charge is 0.277 e. The number of aromatic nitrogens is 1. The van der Waals surface area contributed by atoms with Crippen LogP contribution in [0, 0.1) is 0 Å². The van der Waals surface area contributed by atoms with Gasteiger partial charge in [0.15, 0.2) is 6.17 Å². The van der Waals surface area contributed by atoms with Gasteiger partial charge in [-0.3, -0.25) is 19.8 Å². The molecule has 0 aliphatic carbocycles. The molecule has 0 radical (unpaired) electrons. The molecule has 0 aromatic carbocycles. The molecule has 1 heterocycles. The van der Waals surface area contributed by atoms with Gasteiger partial charge in [0.1, 0.15) is 0 Å². The van der Waals surface area contributed by atoms with Crippen LogP contribution in [0.3, 0.4) is 0 Å². The average molecular weight is 283 g/mol. The van der Waals surface area contributed by atoms with E-state index < -0.39 is 12.1 Å². The summed E-state index contributed by atoms with van der Waals surface area (Å²) in [6.07, 6.45) is 3.57. The van der Waals surface area contributed by atoms with Gasteiger partial charge in [0.25, 0.3) is 5.91 Å². The molecule has 1 aromatic heterocycles. The molecule has 1 atom stereocenters. The zero-order valence-electron chi connectivity index (χ0n) is 11.0. The summed E-state index contributed by atoms with van der Waals surface area (Å²) >= 11 is 0. The first kappa shape index (κ1) is 16.0. The summed E-state index contributed by atoms with van der Waals surface area (Å²) in [4.78, 5) is 26.1. The molecule has 1 aromatic rings. The Bertz CT molecular complexity index is 428. The molecule has 0 spiro atoms. The molecule has 7 heteroatoms. The van der Waals surface area contributed by atoms with Gasteiger partial charge >= 0.3 is 0 Å². The second-order valence-corrected chi connectivity index (χ2v) is 4.33. The normalized spacial score (nSPS) is 11.7. The largest absolute Gasteiger partial charge is 0.325 e. The van der Waals surface area contributed by atoms with Gasteiger partial charge in [0.05, 0.1) is 11.9 Å². The number of nitrogens with zero attached hydrogens (tertiary/aromatic N) is 1. The molecule has 0 aliphatic heterocycles. The Kier molecular flexibility index (Phi) is 7.20. The molecular weight excluding hydrogens is 265 g/mol. The number of pyridine rings is 1. The summed E-state index contributed by atoms with van der Waals surface area (Å²) in [7, 11) is 0. The zero-order chi connectivity index (χ0) is 14.8. The molecule has 0 fully saturated rings. The van der Waals surface area contributed by atoms with Crippen molar-refractivity contribution in [1.82, 2.24) is 10.5 Å². The molecule has 0 bridgehead atoms. The monoisotopic (exact) mass is 283 g/mol. The molecule has 1 unspecified atom stereocenters. The van der Waals surface area contributed by atoms with Gasteiger partial charge in [0, 0.05) is 12.6 Å². The lowest BCUT2D eigenvalue weighted by Crippen LogP contribution is -2.28. The number of hydrogen-bond acceptors (Lipinski definition) is 4. The van der Waals surface area contributed by atoms with Crippen molar-refractivity contribution < 1.29 is 19.2 Å². The summed E-state index contributed by atoms with van der Waals surface area (Å²) in [5.74, 6) is -1.15. The fraction of sp³-hybridized carbons (Fsp3) is 0.462. The molecule has 110 valence electrons. The fourth-order valence-electron chi connectivity index (χ4n) is 1.65. The average Bonchev–Trinajstić information content (AvgIpc) is 2.46. The Morgan fingerprint density at radius 1 is 1.35 bits per heavy atom. The Balaban J connectivity index is 2.09. The molecule has 0 saturated heterocycles. The number of unbranched alkanes of at least 4 members (excludes halogenated alkanes) is 2. The SMILES string of the molecule is O=C(CCCCCC(F)C(=O)NO)Nc1cccnc1. The number of amides is 2. The summed E-state index contributed by atoms with van der Waals surface area (Å²) in [6.45, 7) is 0. The lowest BCUT2D eigenvalue weighted by Gasteiger charge is -2.06. The predicted molar refractivity (Wildman–Crippen MR) is 70.8 cm³/mol. The number of carbonyl (C=O) groups is 2. The summed E-state index contributed by atoms with van der Waals surface area (Å²) in [5.41, 5.74) is 1.91. The van der Waals surface area contributed by atoms with Crippen molar-refractivity contribution in [2.75, 3.05) is 5.32 Å². The van der Waals surface area contributed by atoms with Gasteiger partial charge < -0.3 is 5.32 Å². The molecule has 1 rings (SSSR count). The maximum Gasteiger partial charge on any atom is 0.277 e. The van der Waals surface area contributed by atoms with Crippen molar-refractivity contribution in [2.24, 2.45) is 0 Å². The molecular formula is C13H18FN3O3. The maximum atomic E-state index is 13.0. The fourth-order valence-corrected chi connectivity index (χ4v) is 1.65. The van der Waals surface area contributed by atoms with E-state index in [0.717, 1.165) is 0 Å². The van der Waals surface area contributed by atoms with Crippen LogP contribution in [0.25, 0.3) is 0 Å². The molecule has 6 nitrogen and oxygen atoms in total. The highest BCUT2D eigenvalue weighted by atomic mass is 19.1. The standard InChI is InChI=1S/C13H18FN3O3/c14-11(13(19)17-20)6-2-1-3-7-12(18)16-10-5-4-8-15-9-10/h4-5,8-9,11,20H,1-3,6-7H2,(H,16,18)(H,17,19). The minimum Gasteiger partial charge on any atom is -0.325 e. The van der Waals surface area contributed by atoms with Crippen molar-refractivity contribution in [3.63, 3.8) is 0 Å². The van der Waals surface area contributed by atoms with Crippen molar-refractivity contribution in [2.45, 2.75) is 38.3 Å². The number of nitrogens with one attached hydrogen (secondary N) is 2. The Hall–Kier alpha value is -2.02. The predicted octanol–water partition coefficient (Wildman–Crippen LogP) is 1.81. The Morgan fingerprint density at radius 3 is 2.80 bits per heavy atom. The summed E-state index contributed by atoms with van der Waals surface area (Å²) in [5, 5.41) is 10.9. The Labute approximate surface area is 116 Å². The highest BCUT2D eigenvalue weighted by molar-refractivity contribution is 5.90. The number of hydroxylamine groups is 1. The molecule has 0 saturated carbocycles. The van der Waals surface area contributed by atoms with Crippen LogP contribution in [-0.4, -0.2) is 28.2 Å². The van der Waals surface area contributed by atoms with E-state index in [1.54, 1.807) is 24.5 Å². The van der Waals surface area contributed by atoms with Crippen LogP contribution in [-0.2, 0) is 9.59 Å². The van der Waals surface area contributed by atoms with E-state index in [1.807, 2.05) is 0 Å². The lowest BCUT2D eigenvalue weighted by molar-refractivity contribution is -0.134. The second-order valence-electron chi connectivity index (χ2n) is 4.33. The first-order valence-electron chi connectivity index (χ1n) is 6.41.